The van der Waals surface area contributed by atoms with Gasteiger partial charge in [0.2, 0.25) is 0 Å². The SMILES string of the molecule is CCC(N)C(OCC1CCOCC1)c1cccs1. The third-order valence-corrected chi connectivity index (χ3v) is 4.47. The van der Waals surface area contributed by atoms with Gasteiger partial charge in [0.1, 0.15) is 6.10 Å². The third kappa shape index (κ3) is 3.79. The maximum Gasteiger partial charge on any atom is 0.107 e. The Labute approximate surface area is 113 Å². The zero-order valence-electron chi connectivity index (χ0n) is 11.0. The molecule has 0 aliphatic carbocycles. The minimum Gasteiger partial charge on any atom is -0.381 e. The molecule has 1 saturated heterocycles. The average molecular weight is 269 g/mol. The van der Waals surface area contributed by atoms with Crippen LogP contribution in [0.3, 0.4) is 0 Å². The second kappa shape index (κ2) is 7.24. The summed E-state index contributed by atoms with van der Waals surface area (Å²) in [6.45, 7) is 4.66. The van der Waals surface area contributed by atoms with E-state index in [4.69, 9.17) is 15.2 Å². The molecule has 0 aromatic carbocycles. The van der Waals surface area contributed by atoms with E-state index in [2.05, 4.69) is 24.4 Å². The molecule has 2 atom stereocenters. The van der Waals surface area contributed by atoms with E-state index in [0.29, 0.717) is 5.92 Å². The van der Waals surface area contributed by atoms with Crippen LogP contribution in [0.5, 0.6) is 0 Å². The molecular formula is C14H23NO2S. The van der Waals surface area contributed by atoms with Crippen LogP contribution in [0.25, 0.3) is 0 Å². The van der Waals surface area contributed by atoms with Gasteiger partial charge in [0.05, 0.1) is 6.61 Å². The molecular weight excluding hydrogens is 246 g/mol. The van der Waals surface area contributed by atoms with Gasteiger partial charge in [-0.25, -0.2) is 0 Å². The number of rotatable bonds is 6. The maximum absolute atomic E-state index is 6.18. The normalized spacial score (nSPS) is 20.8. The lowest BCUT2D eigenvalue weighted by Gasteiger charge is -2.27. The minimum absolute atomic E-state index is 0.0536. The number of thiophene rings is 1. The molecule has 4 heteroatoms. The molecule has 2 N–H and O–H groups in total. The quantitative estimate of drug-likeness (QED) is 0.863. The van der Waals surface area contributed by atoms with Gasteiger partial charge in [-0.1, -0.05) is 13.0 Å². The van der Waals surface area contributed by atoms with Crippen LogP contribution in [0.4, 0.5) is 0 Å². The fraction of sp³-hybridized carbons (Fsp3) is 0.714. The summed E-state index contributed by atoms with van der Waals surface area (Å²) in [5.74, 6) is 0.630. The lowest BCUT2D eigenvalue weighted by atomic mass is 10.0. The summed E-state index contributed by atoms with van der Waals surface area (Å²) in [7, 11) is 0. The van der Waals surface area contributed by atoms with Crippen LogP contribution >= 0.6 is 11.3 Å². The van der Waals surface area contributed by atoms with Gasteiger partial charge < -0.3 is 15.2 Å². The minimum atomic E-state index is 0.0536. The Bertz CT molecular complexity index is 323. The second-order valence-electron chi connectivity index (χ2n) is 4.90. The van der Waals surface area contributed by atoms with Gasteiger partial charge in [0.25, 0.3) is 0 Å². The van der Waals surface area contributed by atoms with Crippen molar-refractivity contribution in [1.82, 2.24) is 0 Å². The van der Waals surface area contributed by atoms with Crippen molar-refractivity contribution in [1.29, 1.82) is 0 Å². The Balaban J connectivity index is 1.89. The van der Waals surface area contributed by atoms with Gasteiger partial charge in [-0.3, -0.25) is 0 Å². The molecule has 2 unspecified atom stereocenters. The van der Waals surface area contributed by atoms with Gasteiger partial charge in [0, 0.05) is 24.1 Å². The summed E-state index contributed by atoms with van der Waals surface area (Å²) in [6, 6.07) is 4.27. The number of ether oxygens (including phenoxy) is 2. The Hall–Kier alpha value is -0.420. The van der Waals surface area contributed by atoms with Crippen LogP contribution < -0.4 is 5.73 Å². The Morgan fingerprint density at radius 1 is 1.50 bits per heavy atom. The Kier molecular flexibility index (Phi) is 5.63. The van der Waals surface area contributed by atoms with Gasteiger partial charge in [-0.05, 0) is 36.6 Å². The fourth-order valence-electron chi connectivity index (χ4n) is 2.24. The molecule has 2 rings (SSSR count). The molecule has 1 aliphatic rings. The summed E-state index contributed by atoms with van der Waals surface area (Å²) in [6.07, 6.45) is 3.21. The predicted octanol–water partition coefficient (Wildman–Crippen LogP) is 2.97. The van der Waals surface area contributed by atoms with Gasteiger partial charge in [-0.15, -0.1) is 11.3 Å². The Morgan fingerprint density at radius 2 is 2.28 bits per heavy atom. The van der Waals surface area contributed by atoms with Crippen molar-refractivity contribution in [2.24, 2.45) is 11.7 Å². The molecule has 0 amide bonds. The summed E-state index contributed by atoms with van der Waals surface area (Å²) < 4.78 is 11.5. The van der Waals surface area contributed by atoms with Crippen molar-refractivity contribution in [2.45, 2.75) is 38.3 Å². The topological polar surface area (TPSA) is 44.5 Å². The van der Waals surface area contributed by atoms with E-state index >= 15 is 0 Å². The average Bonchev–Trinajstić information content (AvgIpc) is 2.94. The van der Waals surface area contributed by atoms with E-state index in [-0.39, 0.29) is 12.1 Å². The molecule has 18 heavy (non-hydrogen) atoms. The van der Waals surface area contributed by atoms with Crippen LogP contribution in [0, 0.1) is 5.92 Å². The molecule has 1 aromatic rings. The molecule has 1 aromatic heterocycles. The second-order valence-corrected chi connectivity index (χ2v) is 5.88. The Morgan fingerprint density at radius 3 is 2.89 bits per heavy atom. The molecule has 2 heterocycles. The van der Waals surface area contributed by atoms with E-state index in [1.54, 1.807) is 11.3 Å². The first-order valence-electron chi connectivity index (χ1n) is 6.79. The summed E-state index contributed by atoms with van der Waals surface area (Å²) in [4.78, 5) is 1.25. The molecule has 0 radical (unpaired) electrons. The standard InChI is InChI=1S/C14H23NO2S/c1-2-12(15)14(13-4-3-9-18-13)17-10-11-5-7-16-8-6-11/h3-4,9,11-12,14H,2,5-8,10,15H2,1H3. The van der Waals surface area contributed by atoms with E-state index in [9.17, 15) is 0 Å². The number of nitrogens with two attached hydrogens (primary N) is 1. The van der Waals surface area contributed by atoms with Crippen LogP contribution in [-0.4, -0.2) is 25.9 Å². The maximum atomic E-state index is 6.18. The van der Waals surface area contributed by atoms with Crippen LogP contribution in [0.15, 0.2) is 17.5 Å². The highest BCUT2D eigenvalue weighted by Crippen LogP contribution is 2.28. The zero-order valence-corrected chi connectivity index (χ0v) is 11.8. The van der Waals surface area contributed by atoms with Crippen LogP contribution in [0.2, 0.25) is 0 Å². The highest BCUT2D eigenvalue weighted by Gasteiger charge is 2.22. The summed E-state index contributed by atoms with van der Waals surface area (Å²) >= 11 is 1.73. The largest absolute Gasteiger partial charge is 0.381 e. The monoisotopic (exact) mass is 269 g/mol. The first kappa shape index (κ1) is 14.0. The van der Waals surface area contributed by atoms with Crippen molar-refractivity contribution in [3.8, 4) is 0 Å². The molecule has 3 nitrogen and oxygen atoms in total. The van der Waals surface area contributed by atoms with Crippen molar-refractivity contribution in [2.75, 3.05) is 19.8 Å². The molecule has 0 saturated carbocycles. The van der Waals surface area contributed by atoms with Gasteiger partial charge in [-0.2, -0.15) is 0 Å². The first-order chi connectivity index (χ1) is 8.81. The molecule has 1 fully saturated rings. The smallest absolute Gasteiger partial charge is 0.107 e. The predicted molar refractivity (Wildman–Crippen MR) is 74.8 cm³/mol. The summed E-state index contributed by atoms with van der Waals surface area (Å²) in [5.41, 5.74) is 6.18. The van der Waals surface area contributed by atoms with Crippen LogP contribution in [0.1, 0.15) is 37.2 Å². The van der Waals surface area contributed by atoms with Gasteiger partial charge in [0.15, 0.2) is 0 Å². The van der Waals surface area contributed by atoms with E-state index in [1.165, 1.54) is 4.88 Å². The molecule has 0 spiro atoms. The first-order valence-corrected chi connectivity index (χ1v) is 7.67. The van der Waals surface area contributed by atoms with E-state index in [0.717, 1.165) is 39.1 Å². The fourth-order valence-corrected chi connectivity index (χ4v) is 3.09. The van der Waals surface area contributed by atoms with Crippen molar-refractivity contribution in [3.05, 3.63) is 22.4 Å². The van der Waals surface area contributed by atoms with Crippen molar-refractivity contribution in [3.63, 3.8) is 0 Å². The highest BCUT2D eigenvalue weighted by atomic mass is 32.1. The van der Waals surface area contributed by atoms with E-state index in [1.807, 2.05) is 0 Å². The molecule has 1 aliphatic heterocycles. The van der Waals surface area contributed by atoms with Crippen molar-refractivity contribution < 1.29 is 9.47 Å². The van der Waals surface area contributed by atoms with Crippen LogP contribution in [-0.2, 0) is 9.47 Å². The summed E-state index contributed by atoms with van der Waals surface area (Å²) in [5, 5.41) is 2.09. The number of hydrogen-bond acceptors (Lipinski definition) is 4. The third-order valence-electron chi connectivity index (χ3n) is 3.54. The highest BCUT2D eigenvalue weighted by molar-refractivity contribution is 7.10. The molecule has 102 valence electrons. The van der Waals surface area contributed by atoms with E-state index < -0.39 is 0 Å². The molecule has 0 bridgehead atoms. The lowest BCUT2D eigenvalue weighted by molar-refractivity contribution is -0.0198. The van der Waals surface area contributed by atoms with Gasteiger partial charge >= 0.3 is 0 Å². The number of hydrogen-bond donors (Lipinski definition) is 1. The zero-order chi connectivity index (χ0) is 12.8. The van der Waals surface area contributed by atoms with Crippen molar-refractivity contribution >= 4 is 11.3 Å². The lowest BCUT2D eigenvalue weighted by Crippen LogP contribution is -2.31.